The highest BCUT2D eigenvalue weighted by Gasteiger charge is 2.12. The van der Waals surface area contributed by atoms with E-state index >= 15 is 0 Å². The number of nitriles is 1. The molecule has 2 aromatic carbocycles. The molecule has 0 spiro atoms. The molecule has 3 rings (SSSR count). The monoisotopic (exact) mass is 288 g/mol. The van der Waals surface area contributed by atoms with Gasteiger partial charge in [0, 0.05) is 11.6 Å². The number of fused-ring (bicyclic) bond motifs is 1. The molecule has 106 valence electrons. The zero-order valence-electron chi connectivity index (χ0n) is 11.9. The lowest BCUT2D eigenvalue weighted by Crippen LogP contribution is -2.03. The lowest BCUT2D eigenvalue weighted by molar-refractivity contribution is 0.0601. The molecule has 22 heavy (non-hydrogen) atoms. The van der Waals surface area contributed by atoms with Gasteiger partial charge in [0.1, 0.15) is 6.07 Å². The Bertz CT molecular complexity index is 910. The van der Waals surface area contributed by atoms with Crippen molar-refractivity contribution in [2.24, 2.45) is 0 Å². The van der Waals surface area contributed by atoms with Crippen molar-refractivity contribution in [1.82, 2.24) is 4.98 Å². The van der Waals surface area contributed by atoms with Crippen LogP contribution in [-0.2, 0) is 4.74 Å². The standard InChI is InChI=1S/C18H12N2O2/c1-22-18(21)16-5-3-2-4-15(16)13-6-7-17-14(9-13)8-12(10-19)11-20-17/h2-9,11H,1H3. The number of nitrogens with zero attached hydrogens (tertiary/aromatic N) is 2. The minimum absolute atomic E-state index is 0.375. The Labute approximate surface area is 127 Å². The van der Waals surface area contributed by atoms with Gasteiger partial charge >= 0.3 is 5.97 Å². The molecular formula is C18H12N2O2. The van der Waals surface area contributed by atoms with E-state index in [2.05, 4.69) is 11.1 Å². The van der Waals surface area contributed by atoms with Crippen molar-refractivity contribution < 1.29 is 9.53 Å². The van der Waals surface area contributed by atoms with Gasteiger partial charge in [-0.2, -0.15) is 5.26 Å². The Morgan fingerprint density at radius 3 is 2.77 bits per heavy atom. The van der Waals surface area contributed by atoms with Crippen LogP contribution in [0.2, 0.25) is 0 Å². The van der Waals surface area contributed by atoms with Crippen LogP contribution in [0.1, 0.15) is 15.9 Å². The van der Waals surface area contributed by atoms with Crippen molar-refractivity contribution in [3.05, 3.63) is 65.9 Å². The van der Waals surface area contributed by atoms with Crippen LogP contribution in [0.15, 0.2) is 54.7 Å². The van der Waals surface area contributed by atoms with Crippen molar-refractivity contribution in [2.75, 3.05) is 7.11 Å². The van der Waals surface area contributed by atoms with E-state index in [1.807, 2.05) is 30.3 Å². The number of carbonyl (C=O) groups excluding carboxylic acids is 1. The molecule has 1 heterocycles. The normalized spacial score (nSPS) is 10.2. The van der Waals surface area contributed by atoms with Crippen LogP contribution >= 0.6 is 0 Å². The SMILES string of the molecule is COC(=O)c1ccccc1-c1ccc2ncc(C#N)cc2c1. The maximum atomic E-state index is 11.9. The summed E-state index contributed by atoms with van der Waals surface area (Å²) >= 11 is 0. The average molecular weight is 288 g/mol. The molecule has 3 aromatic rings. The summed E-state index contributed by atoms with van der Waals surface area (Å²) in [4.78, 5) is 16.1. The van der Waals surface area contributed by atoms with Gasteiger partial charge in [-0.3, -0.25) is 4.98 Å². The Balaban J connectivity index is 2.19. The minimum atomic E-state index is -0.375. The summed E-state index contributed by atoms with van der Waals surface area (Å²) in [5.74, 6) is -0.375. The molecule has 0 atom stereocenters. The van der Waals surface area contributed by atoms with Gasteiger partial charge in [-0.25, -0.2) is 4.79 Å². The van der Waals surface area contributed by atoms with E-state index in [4.69, 9.17) is 10.00 Å². The molecular weight excluding hydrogens is 276 g/mol. The Hall–Kier alpha value is -3.19. The molecule has 0 aliphatic rings. The van der Waals surface area contributed by atoms with Gasteiger partial charge in [0.15, 0.2) is 0 Å². The van der Waals surface area contributed by atoms with Crippen LogP contribution in [-0.4, -0.2) is 18.1 Å². The smallest absolute Gasteiger partial charge is 0.338 e. The quantitative estimate of drug-likeness (QED) is 0.676. The van der Waals surface area contributed by atoms with Crippen LogP contribution in [0.4, 0.5) is 0 Å². The summed E-state index contributed by atoms with van der Waals surface area (Å²) in [6.07, 6.45) is 1.55. The molecule has 0 unspecified atom stereocenters. The van der Waals surface area contributed by atoms with E-state index in [9.17, 15) is 4.79 Å². The third-order valence-corrected chi connectivity index (χ3v) is 3.45. The topological polar surface area (TPSA) is 63.0 Å². The van der Waals surface area contributed by atoms with E-state index in [0.717, 1.165) is 22.0 Å². The van der Waals surface area contributed by atoms with Gasteiger partial charge < -0.3 is 4.74 Å². The van der Waals surface area contributed by atoms with Crippen molar-refractivity contribution in [3.8, 4) is 17.2 Å². The number of ether oxygens (including phenoxy) is 1. The third-order valence-electron chi connectivity index (χ3n) is 3.45. The first kappa shape index (κ1) is 13.8. The third kappa shape index (κ3) is 2.40. The molecule has 0 saturated heterocycles. The van der Waals surface area contributed by atoms with Crippen LogP contribution in [0.5, 0.6) is 0 Å². The van der Waals surface area contributed by atoms with Crippen molar-refractivity contribution in [1.29, 1.82) is 5.26 Å². The average Bonchev–Trinajstić information content (AvgIpc) is 2.60. The molecule has 0 N–H and O–H groups in total. The largest absolute Gasteiger partial charge is 0.465 e. The van der Waals surface area contributed by atoms with E-state index in [1.54, 1.807) is 24.4 Å². The molecule has 0 fully saturated rings. The van der Waals surface area contributed by atoms with Gasteiger partial charge in [0.2, 0.25) is 0 Å². The van der Waals surface area contributed by atoms with E-state index in [-0.39, 0.29) is 5.97 Å². The van der Waals surface area contributed by atoms with Crippen LogP contribution < -0.4 is 0 Å². The minimum Gasteiger partial charge on any atom is -0.465 e. The fourth-order valence-corrected chi connectivity index (χ4v) is 2.38. The summed E-state index contributed by atoms with van der Waals surface area (Å²) in [5, 5.41) is 9.84. The first-order valence-electron chi connectivity index (χ1n) is 6.70. The Morgan fingerprint density at radius 2 is 2.00 bits per heavy atom. The fraction of sp³-hybridized carbons (Fsp3) is 0.0556. The van der Waals surface area contributed by atoms with Gasteiger partial charge in [-0.15, -0.1) is 0 Å². The molecule has 0 saturated carbocycles. The number of hydrogen-bond acceptors (Lipinski definition) is 4. The second kappa shape index (κ2) is 5.66. The highest BCUT2D eigenvalue weighted by molar-refractivity contribution is 5.98. The number of esters is 1. The maximum Gasteiger partial charge on any atom is 0.338 e. The van der Waals surface area contributed by atoms with Crippen molar-refractivity contribution in [2.45, 2.75) is 0 Å². The van der Waals surface area contributed by atoms with E-state index in [1.165, 1.54) is 7.11 Å². The lowest BCUT2D eigenvalue weighted by Gasteiger charge is -2.09. The Kier molecular flexibility index (Phi) is 3.55. The summed E-state index contributed by atoms with van der Waals surface area (Å²) in [7, 11) is 1.36. The molecule has 0 radical (unpaired) electrons. The predicted molar refractivity (Wildman–Crippen MR) is 83.2 cm³/mol. The number of carbonyl (C=O) groups is 1. The molecule has 0 bridgehead atoms. The van der Waals surface area contributed by atoms with E-state index < -0.39 is 0 Å². The number of pyridine rings is 1. The number of aromatic nitrogens is 1. The van der Waals surface area contributed by atoms with Crippen molar-refractivity contribution >= 4 is 16.9 Å². The van der Waals surface area contributed by atoms with Gasteiger partial charge in [0.25, 0.3) is 0 Å². The number of rotatable bonds is 2. The summed E-state index contributed by atoms with van der Waals surface area (Å²) in [6, 6.07) is 16.8. The van der Waals surface area contributed by atoms with Gasteiger partial charge in [0.05, 0.1) is 23.8 Å². The fourth-order valence-electron chi connectivity index (χ4n) is 2.38. The van der Waals surface area contributed by atoms with Crippen LogP contribution in [0.25, 0.3) is 22.0 Å². The molecule has 1 aromatic heterocycles. The highest BCUT2D eigenvalue weighted by Crippen LogP contribution is 2.27. The molecule has 0 amide bonds. The molecule has 4 heteroatoms. The maximum absolute atomic E-state index is 11.9. The summed E-state index contributed by atoms with van der Waals surface area (Å²) < 4.78 is 4.83. The first-order valence-corrected chi connectivity index (χ1v) is 6.70. The number of hydrogen-bond donors (Lipinski definition) is 0. The van der Waals surface area contributed by atoms with E-state index in [0.29, 0.717) is 11.1 Å². The number of methoxy groups -OCH3 is 1. The Morgan fingerprint density at radius 1 is 1.18 bits per heavy atom. The summed E-state index contributed by atoms with van der Waals surface area (Å²) in [5.41, 5.74) is 3.49. The zero-order valence-corrected chi connectivity index (χ0v) is 11.9. The van der Waals surface area contributed by atoms with Gasteiger partial charge in [-0.1, -0.05) is 24.3 Å². The zero-order chi connectivity index (χ0) is 15.5. The molecule has 4 nitrogen and oxygen atoms in total. The molecule has 0 aliphatic heterocycles. The first-order chi connectivity index (χ1) is 10.7. The predicted octanol–water partition coefficient (Wildman–Crippen LogP) is 3.56. The van der Waals surface area contributed by atoms with Gasteiger partial charge in [-0.05, 0) is 35.4 Å². The van der Waals surface area contributed by atoms with Crippen LogP contribution in [0.3, 0.4) is 0 Å². The number of benzene rings is 2. The second-order valence-electron chi connectivity index (χ2n) is 4.78. The van der Waals surface area contributed by atoms with Crippen LogP contribution in [0, 0.1) is 11.3 Å². The lowest BCUT2D eigenvalue weighted by atomic mass is 9.98. The van der Waals surface area contributed by atoms with Crippen molar-refractivity contribution in [3.63, 3.8) is 0 Å². The molecule has 0 aliphatic carbocycles. The highest BCUT2D eigenvalue weighted by atomic mass is 16.5. The summed E-state index contributed by atoms with van der Waals surface area (Å²) in [6.45, 7) is 0. The second-order valence-corrected chi connectivity index (χ2v) is 4.78.